The Kier molecular flexibility index (Phi) is 5.12. The molecular formula is C10H8LiNO2S. The Balaban J connectivity index is 0.000000337. The van der Waals surface area contributed by atoms with Crippen LogP contribution in [0.2, 0.25) is 0 Å². The first-order chi connectivity index (χ1) is 7.27. The molecule has 0 fully saturated rings. The molecule has 0 saturated heterocycles. The summed E-state index contributed by atoms with van der Waals surface area (Å²) in [5, 5.41) is 6.89. The number of hydrogen-bond donors (Lipinski definition) is 1. The van der Waals surface area contributed by atoms with Gasteiger partial charge in [-0.2, -0.15) is 0 Å². The molecule has 0 aliphatic rings. The number of carboxylic acid groups (broad SMARTS) is 1. The van der Waals surface area contributed by atoms with E-state index >= 15 is 0 Å². The van der Waals surface area contributed by atoms with Crippen LogP contribution >= 0.6 is 11.3 Å². The van der Waals surface area contributed by atoms with Gasteiger partial charge in [-0.25, -0.2) is 0 Å². The number of hydrogen-bond acceptors (Lipinski definition) is 3. The van der Waals surface area contributed by atoms with E-state index in [0.717, 1.165) is 3.68 Å². The molecule has 5 heteroatoms. The molecule has 1 aromatic heterocycles. The van der Waals surface area contributed by atoms with E-state index in [2.05, 4.69) is 17.1 Å². The van der Waals surface area contributed by atoms with Crippen molar-refractivity contribution in [3.05, 3.63) is 36.5 Å². The fourth-order valence-electron chi connectivity index (χ4n) is 1.10. The summed E-state index contributed by atoms with van der Waals surface area (Å²) in [5.41, 5.74) is 1.25. The van der Waals surface area contributed by atoms with Gasteiger partial charge in [0.2, 0.25) is 0 Å². The van der Waals surface area contributed by atoms with Gasteiger partial charge >= 0.3 is 84.7 Å². The molecule has 0 atom stereocenters. The third kappa shape index (κ3) is 3.88. The van der Waals surface area contributed by atoms with E-state index in [9.17, 15) is 0 Å². The van der Waals surface area contributed by atoms with Crippen LogP contribution in [0.5, 0.6) is 0 Å². The van der Waals surface area contributed by atoms with Gasteiger partial charge in [0.05, 0.1) is 0 Å². The maximum atomic E-state index is 8.36. The van der Waals surface area contributed by atoms with Gasteiger partial charge in [0.25, 0.3) is 6.47 Å². The van der Waals surface area contributed by atoms with Gasteiger partial charge in [0, 0.05) is 0 Å². The first kappa shape index (κ1) is 12.0. The van der Waals surface area contributed by atoms with Crippen molar-refractivity contribution in [1.29, 1.82) is 0 Å². The van der Waals surface area contributed by atoms with Crippen molar-refractivity contribution < 1.29 is 9.90 Å². The Morgan fingerprint density at radius 2 is 1.93 bits per heavy atom. The number of carbonyl (C=O) groups is 1. The van der Waals surface area contributed by atoms with E-state index in [1.165, 1.54) is 10.4 Å². The summed E-state index contributed by atoms with van der Waals surface area (Å²) in [7, 11) is 0. The van der Waals surface area contributed by atoms with Crippen molar-refractivity contribution >= 4 is 39.2 Å². The van der Waals surface area contributed by atoms with Crippen molar-refractivity contribution in [2.24, 2.45) is 0 Å². The maximum absolute atomic E-state index is 8.36. The van der Waals surface area contributed by atoms with Crippen LogP contribution in [0.4, 0.5) is 0 Å². The van der Waals surface area contributed by atoms with Crippen LogP contribution in [0.3, 0.4) is 0 Å². The third-order valence-corrected chi connectivity index (χ3v) is 2.64. The van der Waals surface area contributed by atoms with Crippen molar-refractivity contribution in [1.82, 2.24) is 4.98 Å². The molecule has 0 spiro atoms. The van der Waals surface area contributed by atoms with Gasteiger partial charge in [-0.1, -0.05) is 0 Å². The van der Waals surface area contributed by atoms with Gasteiger partial charge in [0.15, 0.2) is 0 Å². The Bertz CT molecular complexity index is 416. The van der Waals surface area contributed by atoms with Crippen molar-refractivity contribution in [3.8, 4) is 10.4 Å². The second-order valence-corrected chi connectivity index (χ2v) is 3.95. The average molecular weight is 213 g/mol. The summed E-state index contributed by atoms with van der Waals surface area (Å²) in [4.78, 5) is 13.8. The molecule has 0 aliphatic carbocycles. The van der Waals surface area contributed by atoms with E-state index < -0.39 is 0 Å². The average Bonchev–Trinajstić information content (AvgIpc) is 2.67. The van der Waals surface area contributed by atoms with Gasteiger partial charge in [-0.05, 0) is 0 Å². The summed E-state index contributed by atoms with van der Waals surface area (Å²) in [6.45, 7) is -0.250. The van der Waals surface area contributed by atoms with E-state index in [0.29, 0.717) is 0 Å². The van der Waals surface area contributed by atoms with Crippen LogP contribution in [0.1, 0.15) is 0 Å². The number of rotatable bonds is 1. The zero-order chi connectivity index (χ0) is 11.1. The fourth-order valence-corrected chi connectivity index (χ4v) is 1.88. The number of thiazole rings is 1. The molecule has 2 rings (SSSR count). The molecule has 1 heterocycles. The minimum absolute atomic E-state index is 0.250. The quantitative estimate of drug-likeness (QED) is 0.574. The molecule has 72 valence electrons. The van der Waals surface area contributed by atoms with Crippen LogP contribution in [0, 0.1) is 0 Å². The molecule has 1 aromatic carbocycles. The molecule has 0 amide bonds. The topological polar surface area (TPSA) is 50.2 Å². The van der Waals surface area contributed by atoms with Crippen molar-refractivity contribution in [2.45, 2.75) is 0 Å². The monoisotopic (exact) mass is 213 g/mol. The molecule has 0 aliphatic heterocycles. The van der Waals surface area contributed by atoms with Crippen LogP contribution in [0.25, 0.3) is 10.4 Å². The molecule has 3 nitrogen and oxygen atoms in total. The SMILES string of the molecule is O=CO.[Li][c]1ncc(-c2ccccc2)s1. The second-order valence-electron chi connectivity index (χ2n) is 2.71. The van der Waals surface area contributed by atoms with E-state index in [1.807, 2.05) is 42.1 Å². The van der Waals surface area contributed by atoms with Gasteiger partial charge < -0.3 is 5.11 Å². The molecule has 0 bridgehead atoms. The van der Waals surface area contributed by atoms with Gasteiger partial charge in [-0.3, -0.25) is 4.79 Å². The minimum atomic E-state index is -0.250. The van der Waals surface area contributed by atoms with Crippen molar-refractivity contribution in [2.75, 3.05) is 0 Å². The molecule has 0 unspecified atom stereocenters. The predicted octanol–water partition coefficient (Wildman–Crippen LogP) is 1.30. The first-order valence-corrected chi connectivity index (χ1v) is 5.15. The summed E-state index contributed by atoms with van der Waals surface area (Å²) in [5.74, 6) is 0. The normalized spacial score (nSPS) is 8.93. The Hall–Kier alpha value is -1.08. The summed E-state index contributed by atoms with van der Waals surface area (Å²) in [6.07, 6.45) is 1.93. The molecule has 1 N–H and O–H groups in total. The zero-order valence-corrected chi connectivity index (χ0v) is 9.07. The molecule has 15 heavy (non-hydrogen) atoms. The summed E-state index contributed by atoms with van der Waals surface area (Å²) < 4.78 is 1.12. The molecule has 0 radical (unpaired) electrons. The zero-order valence-electron chi connectivity index (χ0n) is 8.25. The number of aromatic nitrogens is 1. The molecule has 2 aromatic rings. The van der Waals surface area contributed by atoms with E-state index in [1.54, 1.807) is 11.3 Å². The fraction of sp³-hybridized carbons (Fsp3) is 0. The van der Waals surface area contributed by atoms with E-state index in [-0.39, 0.29) is 6.47 Å². The van der Waals surface area contributed by atoms with Gasteiger partial charge in [0.1, 0.15) is 0 Å². The summed E-state index contributed by atoms with van der Waals surface area (Å²) >= 11 is 3.75. The molecule has 0 saturated carbocycles. The molecular weight excluding hydrogens is 205 g/mol. The van der Waals surface area contributed by atoms with Crippen LogP contribution < -0.4 is 3.68 Å². The predicted molar refractivity (Wildman–Crippen MR) is 61.6 cm³/mol. The van der Waals surface area contributed by atoms with Crippen LogP contribution in [0.15, 0.2) is 36.5 Å². The number of nitrogens with zero attached hydrogens (tertiary/aromatic N) is 1. The van der Waals surface area contributed by atoms with Crippen LogP contribution in [-0.2, 0) is 4.79 Å². The standard InChI is InChI=1S/C9H6NS.CH2O2.Li/c1-2-4-8(5-3-1)9-6-10-7-11-9;2-1-3;/h1-6H;1H,(H,2,3);. The first-order valence-electron chi connectivity index (χ1n) is 4.33. The Morgan fingerprint density at radius 3 is 2.40 bits per heavy atom. The van der Waals surface area contributed by atoms with Crippen molar-refractivity contribution in [3.63, 3.8) is 0 Å². The van der Waals surface area contributed by atoms with E-state index in [4.69, 9.17) is 9.90 Å². The Morgan fingerprint density at radius 1 is 1.33 bits per heavy atom. The third-order valence-electron chi connectivity index (χ3n) is 1.68. The van der Waals surface area contributed by atoms with Gasteiger partial charge in [-0.15, -0.1) is 0 Å². The Labute approximate surface area is 101 Å². The second kappa shape index (κ2) is 6.41. The van der Waals surface area contributed by atoms with Crippen LogP contribution in [-0.4, -0.2) is 34.3 Å². The number of benzene rings is 1. The summed E-state index contributed by atoms with van der Waals surface area (Å²) in [6, 6.07) is 10.3.